The van der Waals surface area contributed by atoms with Gasteiger partial charge >= 0.3 is 0 Å². The number of hydrogen-bond donors (Lipinski definition) is 1. The molecular weight excluding hydrogens is 500 g/mol. The molecule has 0 unspecified atom stereocenters. The Morgan fingerprint density at radius 2 is 1.92 bits per heavy atom. The van der Waals surface area contributed by atoms with Crippen molar-refractivity contribution in [1.82, 2.24) is 30.0 Å². The summed E-state index contributed by atoms with van der Waals surface area (Å²) in [6.07, 6.45) is 7.69. The van der Waals surface area contributed by atoms with Crippen LogP contribution in [0.25, 0.3) is 10.9 Å². The summed E-state index contributed by atoms with van der Waals surface area (Å²) in [5.74, 6) is 0.998. The Morgan fingerprint density at radius 1 is 1.10 bits per heavy atom. The van der Waals surface area contributed by atoms with E-state index in [4.69, 9.17) is 9.47 Å². The van der Waals surface area contributed by atoms with E-state index in [-0.39, 0.29) is 54.6 Å². The van der Waals surface area contributed by atoms with Gasteiger partial charge in [-0.3, -0.25) is 19.1 Å². The Bertz CT molecular complexity index is 1410. The molecule has 2 amide bonds. The number of likely N-dealkylation sites (tertiary alicyclic amines) is 1. The first kappa shape index (κ1) is 25.4. The number of fused-ring (bicyclic) bond motifs is 2. The zero-order valence-corrected chi connectivity index (χ0v) is 22.1. The highest BCUT2D eigenvalue weighted by atomic mass is 16.5. The van der Waals surface area contributed by atoms with Crippen molar-refractivity contribution in [1.29, 1.82) is 0 Å². The lowest BCUT2D eigenvalue weighted by molar-refractivity contribution is -0.140. The van der Waals surface area contributed by atoms with Gasteiger partial charge in [0.25, 0.3) is 0 Å². The fraction of sp³-hybridized carbons (Fsp3) is 0.500. The molecule has 3 aliphatic rings. The van der Waals surface area contributed by atoms with Crippen LogP contribution in [0.3, 0.4) is 0 Å². The molecule has 5 atom stereocenters. The molecule has 1 saturated heterocycles. The molecule has 2 aromatic heterocycles. The highest BCUT2D eigenvalue weighted by Gasteiger charge is 2.56. The molecule has 11 heteroatoms. The van der Waals surface area contributed by atoms with Crippen LogP contribution in [0.4, 0.5) is 0 Å². The SMILES string of the molecule is CO[C@H]1CC[C@H](NC(=O)[C@@H]2C[C@H]3C[C@H]3N2C(=O)Cn2nc(C(C)=O)c3cc(OCc4ncccn4)ccc32)C1. The number of ketones is 1. The number of ether oxygens (including phenoxy) is 2. The van der Waals surface area contributed by atoms with E-state index < -0.39 is 6.04 Å². The number of hydrogen-bond acceptors (Lipinski definition) is 8. The summed E-state index contributed by atoms with van der Waals surface area (Å²) in [6, 6.07) is 6.75. The van der Waals surface area contributed by atoms with Crippen LogP contribution in [0.2, 0.25) is 0 Å². The normalized spacial score (nSPS) is 25.5. The molecule has 2 aliphatic carbocycles. The summed E-state index contributed by atoms with van der Waals surface area (Å²) in [7, 11) is 1.70. The third-order valence-electron chi connectivity index (χ3n) is 8.09. The first-order valence-electron chi connectivity index (χ1n) is 13.5. The summed E-state index contributed by atoms with van der Waals surface area (Å²) in [5.41, 5.74) is 0.925. The van der Waals surface area contributed by atoms with E-state index in [1.807, 2.05) is 0 Å². The molecule has 1 aliphatic heterocycles. The first-order valence-corrected chi connectivity index (χ1v) is 13.5. The van der Waals surface area contributed by atoms with Crippen LogP contribution in [-0.4, -0.2) is 73.6 Å². The third-order valence-corrected chi connectivity index (χ3v) is 8.09. The number of nitrogens with one attached hydrogen (secondary N) is 1. The lowest BCUT2D eigenvalue weighted by Crippen LogP contribution is -2.50. The molecule has 3 heterocycles. The van der Waals surface area contributed by atoms with Gasteiger partial charge in [0.1, 0.15) is 30.6 Å². The second kappa shape index (κ2) is 10.4. The van der Waals surface area contributed by atoms with Gasteiger partial charge in [-0.2, -0.15) is 5.10 Å². The van der Waals surface area contributed by atoms with Crippen LogP contribution in [0.1, 0.15) is 55.3 Å². The van der Waals surface area contributed by atoms with Crippen molar-refractivity contribution in [2.75, 3.05) is 7.11 Å². The molecule has 2 saturated carbocycles. The number of piperidine rings is 1. The molecule has 11 nitrogen and oxygen atoms in total. The fourth-order valence-corrected chi connectivity index (χ4v) is 6.02. The van der Waals surface area contributed by atoms with Crippen molar-refractivity contribution >= 4 is 28.5 Å². The maximum atomic E-state index is 13.6. The molecule has 0 bridgehead atoms. The van der Waals surface area contributed by atoms with Gasteiger partial charge in [0, 0.05) is 43.9 Å². The highest BCUT2D eigenvalue weighted by Crippen LogP contribution is 2.48. The number of benzene rings is 1. The Balaban J connectivity index is 1.18. The van der Waals surface area contributed by atoms with Crippen LogP contribution in [0.15, 0.2) is 36.7 Å². The predicted octanol–water partition coefficient (Wildman–Crippen LogP) is 2.28. The number of amides is 2. The van der Waals surface area contributed by atoms with Gasteiger partial charge in [-0.1, -0.05) is 0 Å². The van der Waals surface area contributed by atoms with E-state index in [9.17, 15) is 14.4 Å². The smallest absolute Gasteiger partial charge is 0.245 e. The summed E-state index contributed by atoms with van der Waals surface area (Å²) in [6.45, 7) is 1.58. The molecule has 1 aromatic carbocycles. The number of Topliss-reactive ketones (excluding diaryl/α,β-unsaturated/α-hetero) is 1. The van der Waals surface area contributed by atoms with E-state index in [0.717, 1.165) is 25.7 Å². The van der Waals surface area contributed by atoms with Crippen LogP contribution in [-0.2, 0) is 27.5 Å². The number of nitrogens with zero attached hydrogens (tertiary/aromatic N) is 5. The minimum atomic E-state index is -0.475. The number of aromatic nitrogens is 4. The van der Waals surface area contributed by atoms with E-state index in [0.29, 0.717) is 34.8 Å². The maximum absolute atomic E-state index is 13.6. The Morgan fingerprint density at radius 3 is 2.67 bits per heavy atom. The zero-order valence-electron chi connectivity index (χ0n) is 22.1. The minimum Gasteiger partial charge on any atom is -0.486 e. The van der Waals surface area contributed by atoms with Crippen molar-refractivity contribution in [2.24, 2.45) is 5.92 Å². The predicted molar refractivity (Wildman–Crippen MR) is 140 cm³/mol. The van der Waals surface area contributed by atoms with Gasteiger partial charge in [0.05, 0.1) is 11.6 Å². The van der Waals surface area contributed by atoms with Crippen LogP contribution >= 0.6 is 0 Å². The van der Waals surface area contributed by atoms with Gasteiger partial charge in [-0.25, -0.2) is 9.97 Å². The second-order valence-corrected chi connectivity index (χ2v) is 10.7. The fourth-order valence-electron chi connectivity index (χ4n) is 6.02. The van der Waals surface area contributed by atoms with Crippen molar-refractivity contribution < 1.29 is 23.9 Å². The van der Waals surface area contributed by atoms with Gasteiger partial charge in [-0.15, -0.1) is 0 Å². The Hall–Kier alpha value is -3.86. The monoisotopic (exact) mass is 532 g/mol. The quantitative estimate of drug-likeness (QED) is 0.416. The van der Waals surface area contributed by atoms with E-state index in [1.54, 1.807) is 53.4 Å². The summed E-state index contributed by atoms with van der Waals surface area (Å²) in [5, 5.41) is 8.25. The van der Waals surface area contributed by atoms with E-state index in [2.05, 4.69) is 20.4 Å². The summed E-state index contributed by atoms with van der Waals surface area (Å²) in [4.78, 5) is 49.3. The Kier molecular flexibility index (Phi) is 6.76. The van der Waals surface area contributed by atoms with Gasteiger partial charge in [-0.05, 0) is 62.3 Å². The largest absolute Gasteiger partial charge is 0.486 e. The topological polar surface area (TPSA) is 129 Å². The molecule has 0 spiro atoms. The first-order chi connectivity index (χ1) is 18.9. The number of rotatable bonds is 9. The lowest BCUT2D eigenvalue weighted by Gasteiger charge is -2.28. The molecule has 0 radical (unpaired) electrons. The van der Waals surface area contributed by atoms with Crippen molar-refractivity contribution in [3.8, 4) is 5.75 Å². The van der Waals surface area contributed by atoms with Crippen molar-refractivity contribution in [2.45, 2.75) is 76.4 Å². The molecule has 3 fully saturated rings. The summed E-state index contributed by atoms with van der Waals surface area (Å²) >= 11 is 0. The number of carbonyl (C=O) groups is 3. The second-order valence-electron chi connectivity index (χ2n) is 10.7. The number of methoxy groups -OCH3 is 1. The van der Waals surface area contributed by atoms with E-state index >= 15 is 0 Å². The highest BCUT2D eigenvalue weighted by molar-refractivity contribution is 6.05. The molecule has 39 heavy (non-hydrogen) atoms. The number of carbonyl (C=O) groups excluding carboxylic acids is 3. The Labute approximate surface area is 225 Å². The van der Waals surface area contributed by atoms with Gasteiger partial charge < -0.3 is 19.7 Å². The van der Waals surface area contributed by atoms with Crippen LogP contribution in [0, 0.1) is 5.92 Å². The lowest BCUT2D eigenvalue weighted by atomic mass is 10.1. The van der Waals surface area contributed by atoms with E-state index in [1.165, 1.54) is 6.92 Å². The minimum absolute atomic E-state index is 0.0516. The van der Waals surface area contributed by atoms with Crippen LogP contribution < -0.4 is 10.1 Å². The molecule has 204 valence electrons. The molecular formula is C28H32N6O5. The van der Waals surface area contributed by atoms with Gasteiger partial charge in [0.15, 0.2) is 11.6 Å². The van der Waals surface area contributed by atoms with Gasteiger partial charge in [0.2, 0.25) is 11.8 Å². The van der Waals surface area contributed by atoms with Crippen molar-refractivity contribution in [3.63, 3.8) is 0 Å². The standard InChI is InChI=1S/C28H32N6O5/c1-16(35)27-21-13-20(39-15-25-29-8-3-9-30-25)6-7-22(21)33(32-27)14-26(36)34-23-10-17(23)11-24(34)28(37)31-18-4-5-19(12-18)38-2/h3,6-9,13,17-19,23-24H,4-5,10-12,14-15H2,1-2H3,(H,31,37)/t17-,18+,19+,23-,24+/m1/s1. The molecule has 1 N–H and O–H groups in total. The van der Waals surface area contributed by atoms with Crippen molar-refractivity contribution in [3.05, 3.63) is 48.2 Å². The molecule has 6 rings (SSSR count). The average molecular weight is 533 g/mol. The zero-order chi connectivity index (χ0) is 27.1. The van der Waals surface area contributed by atoms with Crippen LogP contribution in [0.5, 0.6) is 5.75 Å². The third kappa shape index (κ3) is 5.10. The molecule has 3 aromatic rings. The summed E-state index contributed by atoms with van der Waals surface area (Å²) < 4.78 is 12.8. The average Bonchev–Trinajstić information content (AvgIpc) is 3.26. The maximum Gasteiger partial charge on any atom is 0.245 e.